The summed E-state index contributed by atoms with van der Waals surface area (Å²) in [6.45, 7) is 5.31. The number of rotatable bonds is 7. The van der Waals surface area contributed by atoms with Crippen LogP contribution in [0.1, 0.15) is 56.2 Å². The highest BCUT2D eigenvalue weighted by Crippen LogP contribution is 2.41. The molecule has 1 saturated heterocycles. The highest BCUT2D eigenvalue weighted by Gasteiger charge is 2.35. The molecule has 5 nitrogen and oxygen atoms in total. The van der Waals surface area contributed by atoms with E-state index >= 15 is 0 Å². The van der Waals surface area contributed by atoms with Crippen molar-refractivity contribution in [3.63, 3.8) is 0 Å². The van der Waals surface area contributed by atoms with Gasteiger partial charge in [0.15, 0.2) is 0 Å². The quantitative estimate of drug-likeness (QED) is 0.761. The lowest BCUT2D eigenvalue weighted by Gasteiger charge is -2.33. The van der Waals surface area contributed by atoms with Crippen molar-refractivity contribution >= 4 is 11.9 Å². The van der Waals surface area contributed by atoms with Gasteiger partial charge in [-0.15, -0.1) is 0 Å². The largest absolute Gasteiger partial charge is 0.465 e. The zero-order valence-electron chi connectivity index (χ0n) is 15.9. The van der Waals surface area contributed by atoms with Crippen LogP contribution in [0.5, 0.6) is 0 Å². The summed E-state index contributed by atoms with van der Waals surface area (Å²) < 4.78 is 5.19. The fraction of sp³-hybridized carbons (Fsp3) is 0.619. The highest BCUT2D eigenvalue weighted by molar-refractivity contribution is 5.81. The van der Waals surface area contributed by atoms with E-state index in [2.05, 4.69) is 36.5 Å². The Balaban J connectivity index is 1.62. The Morgan fingerprint density at radius 2 is 1.92 bits per heavy atom. The summed E-state index contributed by atoms with van der Waals surface area (Å²) in [5, 5.41) is 3.22. The highest BCUT2D eigenvalue weighted by atomic mass is 16.5. The number of nitrogens with one attached hydrogen (secondary N) is 1. The summed E-state index contributed by atoms with van der Waals surface area (Å²) >= 11 is 0. The Bertz CT molecular complexity index is 625. The molecule has 1 aliphatic heterocycles. The normalized spacial score (nSPS) is 21.8. The van der Waals surface area contributed by atoms with Crippen molar-refractivity contribution in [2.45, 2.75) is 58.0 Å². The summed E-state index contributed by atoms with van der Waals surface area (Å²) in [7, 11) is 0. The molecule has 2 fully saturated rings. The summed E-state index contributed by atoms with van der Waals surface area (Å²) in [4.78, 5) is 26.9. The molecule has 142 valence electrons. The van der Waals surface area contributed by atoms with E-state index in [0.29, 0.717) is 12.5 Å². The minimum atomic E-state index is -0.284. The van der Waals surface area contributed by atoms with E-state index in [4.69, 9.17) is 4.74 Å². The predicted molar refractivity (Wildman–Crippen MR) is 101 cm³/mol. The Labute approximate surface area is 156 Å². The van der Waals surface area contributed by atoms with Crippen molar-refractivity contribution in [3.8, 4) is 0 Å². The molecule has 0 radical (unpaired) electrons. The van der Waals surface area contributed by atoms with Gasteiger partial charge in [0.1, 0.15) is 6.04 Å². The topological polar surface area (TPSA) is 58.6 Å². The minimum Gasteiger partial charge on any atom is -0.465 e. The van der Waals surface area contributed by atoms with Crippen LogP contribution in [-0.2, 0) is 14.3 Å². The maximum absolute atomic E-state index is 12.7. The van der Waals surface area contributed by atoms with Gasteiger partial charge in [-0.2, -0.15) is 0 Å². The number of hydrogen-bond donors (Lipinski definition) is 1. The monoisotopic (exact) mass is 358 g/mol. The second-order valence-corrected chi connectivity index (χ2v) is 7.53. The second-order valence-electron chi connectivity index (χ2n) is 7.53. The van der Waals surface area contributed by atoms with Gasteiger partial charge in [-0.3, -0.25) is 14.5 Å². The van der Waals surface area contributed by atoms with Crippen molar-refractivity contribution in [2.75, 3.05) is 19.7 Å². The first-order chi connectivity index (χ1) is 12.6. The van der Waals surface area contributed by atoms with E-state index in [9.17, 15) is 9.59 Å². The molecule has 26 heavy (non-hydrogen) atoms. The molecule has 1 N–H and O–H groups in total. The van der Waals surface area contributed by atoms with Crippen molar-refractivity contribution in [1.29, 1.82) is 0 Å². The molecule has 1 aliphatic carbocycles. The van der Waals surface area contributed by atoms with Crippen molar-refractivity contribution in [2.24, 2.45) is 5.92 Å². The molecule has 0 aromatic heterocycles. The van der Waals surface area contributed by atoms with Gasteiger partial charge in [0.05, 0.1) is 19.2 Å². The third kappa shape index (κ3) is 4.85. The maximum Gasteiger partial charge on any atom is 0.323 e. The molecular formula is C21H30N2O3. The van der Waals surface area contributed by atoms with E-state index in [-0.39, 0.29) is 30.5 Å². The van der Waals surface area contributed by atoms with Crippen molar-refractivity contribution in [3.05, 3.63) is 35.4 Å². The van der Waals surface area contributed by atoms with Gasteiger partial charge in [-0.25, -0.2) is 0 Å². The first-order valence-electron chi connectivity index (χ1n) is 9.85. The third-order valence-corrected chi connectivity index (χ3v) is 5.37. The van der Waals surface area contributed by atoms with Crippen LogP contribution in [0.3, 0.4) is 0 Å². The number of nitrogens with zero attached hydrogens (tertiary/aromatic N) is 1. The van der Waals surface area contributed by atoms with Crippen LogP contribution in [0.15, 0.2) is 24.3 Å². The van der Waals surface area contributed by atoms with Crippen LogP contribution in [-0.4, -0.2) is 42.5 Å². The van der Waals surface area contributed by atoms with E-state index < -0.39 is 0 Å². The maximum atomic E-state index is 12.7. The van der Waals surface area contributed by atoms with E-state index in [1.54, 1.807) is 0 Å². The van der Waals surface area contributed by atoms with Gasteiger partial charge in [-0.1, -0.05) is 36.2 Å². The van der Waals surface area contributed by atoms with E-state index in [1.807, 2.05) is 11.8 Å². The van der Waals surface area contributed by atoms with Gasteiger partial charge < -0.3 is 10.1 Å². The van der Waals surface area contributed by atoms with Gasteiger partial charge in [0.25, 0.3) is 0 Å². The van der Waals surface area contributed by atoms with Gasteiger partial charge in [0, 0.05) is 0 Å². The molecule has 5 heteroatoms. The predicted octanol–water partition coefficient (Wildman–Crippen LogP) is 2.98. The number of carbonyl (C=O) groups is 2. The van der Waals surface area contributed by atoms with Gasteiger partial charge >= 0.3 is 5.97 Å². The number of likely N-dealkylation sites (tertiary alicyclic amines) is 1. The number of carbonyl (C=O) groups excluding carboxylic acids is 2. The molecule has 1 saturated carbocycles. The van der Waals surface area contributed by atoms with Crippen LogP contribution in [0.2, 0.25) is 0 Å². The average Bonchev–Trinajstić information content (AvgIpc) is 3.46. The number of amides is 1. The number of benzene rings is 1. The average molecular weight is 358 g/mol. The third-order valence-electron chi connectivity index (χ3n) is 5.37. The fourth-order valence-electron chi connectivity index (χ4n) is 3.77. The zero-order chi connectivity index (χ0) is 18.5. The molecule has 0 spiro atoms. The molecule has 0 unspecified atom stereocenters. The Kier molecular flexibility index (Phi) is 6.30. The summed E-state index contributed by atoms with van der Waals surface area (Å²) in [6, 6.07) is 8.21. The first kappa shape index (κ1) is 18.9. The molecule has 1 heterocycles. The molecule has 1 amide bonds. The number of esters is 1. The zero-order valence-corrected chi connectivity index (χ0v) is 15.9. The number of hydrogen-bond acceptors (Lipinski definition) is 4. The molecule has 1 aromatic carbocycles. The standard InChI is InChI=1S/C21H30N2O3/c1-3-26-21(25)18-6-4-5-13-23(18)14-19(24)22-20(17-11-12-17)16-9-7-15(2)8-10-16/h7-10,17-18,20H,3-6,11-14H2,1-2H3,(H,22,24)/t18-,20+/m1/s1. The Morgan fingerprint density at radius 1 is 1.19 bits per heavy atom. The fourth-order valence-corrected chi connectivity index (χ4v) is 3.77. The molecule has 1 aromatic rings. The number of piperidine rings is 1. The summed E-state index contributed by atoms with van der Waals surface area (Å²) in [5.41, 5.74) is 2.40. The molecule has 3 rings (SSSR count). The van der Waals surface area contributed by atoms with Crippen LogP contribution < -0.4 is 5.32 Å². The van der Waals surface area contributed by atoms with E-state index in [0.717, 1.165) is 38.6 Å². The van der Waals surface area contributed by atoms with E-state index in [1.165, 1.54) is 11.1 Å². The van der Waals surface area contributed by atoms with Crippen molar-refractivity contribution < 1.29 is 14.3 Å². The Hall–Kier alpha value is -1.88. The second kappa shape index (κ2) is 8.67. The molecule has 2 aliphatic rings. The van der Waals surface area contributed by atoms with Crippen LogP contribution in [0.25, 0.3) is 0 Å². The van der Waals surface area contributed by atoms with Gasteiger partial charge in [-0.05, 0) is 57.6 Å². The van der Waals surface area contributed by atoms with Crippen molar-refractivity contribution in [1.82, 2.24) is 10.2 Å². The van der Waals surface area contributed by atoms with Crippen LogP contribution in [0.4, 0.5) is 0 Å². The molecule has 0 bridgehead atoms. The summed E-state index contributed by atoms with van der Waals surface area (Å²) in [5.74, 6) is 0.333. The lowest BCUT2D eigenvalue weighted by molar-refractivity contribution is -0.151. The lowest BCUT2D eigenvalue weighted by Crippen LogP contribution is -2.50. The molecular weight excluding hydrogens is 328 g/mol. The SMILES string of the molecule is CCOC(=O)[C@H]1CCCCN1CC(=O)N[C@@H](c1ccc(C)cc1)C1CC1. The molecule has 2 atom stereocenters. The number of aryl methyl sites for hydroxylation is 1. The Morgan fingerprint density at radius 3 is 2.58 bits per heavy atom. The minimum absolute atomic E-state index is 0.00123. The van der Waals surface area contributed by atoms with Crippen LogP contribution >= 0.6 is 0 Å². The van der Waals surface area contributed by atoms with Gasteiger partial charge in [0.2, 0.25) is 5.91 Å². The van der Waals surface area contributed by atoms with Crippen LogP contribution in [0, 0.1) is 12.8 Å². The summed E-state index contributed by atoms with van der Waals surface area (Å²) in [6.07, 6.45) is 5.13. The number of ether oxygens (including phenoxy) is 1. The lowest BCUT2D eigenvalue weighted by atomic mass is 10.0. The first-order valence-corrected chi connectivity index (χ1v) is 9.85. The smallest absolute Gasteiger partial charge is 0.323 e.